The van der Waals surface area contributed by atoms with Crippen LogP contribution in [0, 0.1) is 0 Å². The molecule has 0 aliphatic carbocycles. The van der Waals surface area contributed by atoms with E-state index in [0.29, 0.717) is 0 Å². The minimum Gasteiger partial charge on any atom is 1.00 e. The zero-order valence-corrected chi connectivity index (χ0v) is 7.62. The molecule has 48 valence electrons. The van der Waals surface area contributed by atoms with Crippen LogP contribution in [0.15, 0.2) is 0 Å². The first-order chi connectivity index (χ1) is 2.00. The normalized spacial score (nSPS) is 12.7. The van der Waals surface area contributed by atoms with E-state index in [0.717, 1.165) is 0 Å². The molecule has 6 heteroatoms. The van der Waals surface area contributed by atoms with Crippen LogP contribution in [0.1, 0.15) is 2.85 Å². The molecule has 0 saturated heterocycles. The van der Waals surface area contributed by atoms with E-state index in [1.54, 1.807) is 0 Å². The minimum absolute atomic E-state index is 0. The topological polar surface area (TPSA) is 31.5 Å². The van der Waals surface area contributed by atoms with Crippen molar-refractivity contribution in [3.8, 4) is 0 Å². The van der Waals surface area contributed by atoms with Gasteiger partial charge in [-0.25, -0.2) is 0 Å². The van der Waals surface area contributed by atoms with Gasteiger partial charge in [-0.3, -0.25) is 0 Å². The van der Waals surface area contributed by atoms with Gasteiger partial charge in [0.05, 0.1) is 0 Å². The maximum absolute atomic E-state index is 5.01. The summed E-state index contributed by atoms with van der Waals surface area (Å²) in [5.74, 6) is 0. The van der Waals surface area contributed by atoms with E-state index in [1.165, 1.54) is 0 Å². The third-order valence-electron chi connectivity index (χ3n) is 0. The van der Waals surface area contributed by atoms with Crippen molar-refractivity contribution in [2.45, 2.75) is 0 Å². The minimum atomic E-state index is -3.06. The number of hydrogen-bond acceptors (Lipinski definition) is 0. The Balaban J connectivity index is -0.0000000267. The molecule has 0 saturated carbocycles. The molecule has 0 aromatic rings. The van der Waals surface area contributed by atoms with Gasteiger partial charge in [0.15, 0.2) is 0 Å². The Morgan fingerprint density at radius 2 is 1.00 bits per heavy atom. The summed E-state index contributed by atoms with van der Waals surface area (Å²) in [4.78, 5) is 0. The van der Waals surface area contributed by atoms with Gasteiger partial charge in [0, 0.05) is 0 Å². The zero-order chi connectivity index (χ0) is 4.50. The van der Waals surface area contributed by atoms with Crippen molar-refractivity contribution >= 4 is 37.7 Å². The van der Waals surface area contributed by atoms with E-state index in [-0.39, 0.29) is 8.33 Å². The van der Waals surface area contributed by atoms with E-state index < -0.39 is 11.9 Å². The molecular weight excluding hydrogens is 353 g/mol. The van der Waals surface area contributed by atoms with Crippen molar-refractivity contribution in [2.24, 2.45) is 0 Å². The Hall–Kier alpha value is 1.81. The van der Waals surface area contributed by atoms with E-state index in [4.69, 9.17) is 37.7 Å². The van der Waals surface area contributed by atoms with Crippen LogP contribution in [-0.4, -0.2) is 5.48 Å². The number of hydrogen-bond donors (Lipinski definition) is 0. The molecule has 0 rings (SSSR count). The first kappa shape index (κ1) is 10.7. The molecule has 0 radical (unpaired) electrons. The summed E-state index contributed by atoms with van der Waals surface area (Å²) >= 11 is -3.06. The average molecular weight is 357 g/mol. The van der Waals surface area contributed by atoms with E-state index >= 15 is 0 Å². The third kappa shape index (κ3) is 41.1. The van der Waals surface area contributed by atoms with Crippen LogP contribution in [0.25, 0.3) is 0 Å². The van der Waals surface area contributed by atoms with E-state index in [9.17, 15) is 0 Å². The Kier molecular flexibility index (Phi) is 6.74. The Bertz CT molecular complexity index is 29.5. The maximum atomic E-state index is 5.01. The summed E-state index contributed by atoms with van der Waals surface area (Å²) in [7, 11) is 20.0. The van der Waals surface area contributed by atoms with Crippen LogP contribution < -0.4 is 0 Å². The standard InChI is InChI=1S/4ClH.H2O.Pt/h4*1H;1H2;/q;;;;;+2/p-2. The summed E-state index contributed by atoms with van der Waals surface area (Å²) in [5, 5.41) is 0. The smallest absolute Gasteiger partial charge is 1.00 e. The molecule has 0 heterocycles. The SMILES string of the molecule is O.[Cl][Pt-2]([Cl])([Cl])[Cl].[H+].[H+]. The molecule has 0 atom stereocenters. The quantitative estimate of drug-likeness (QED) is 0.637. The third-order valence-corrected chi connectivity index (χ3v) is 0. The molecule has 6 heavy (non-hydrogen) atoms. The molecule has 0 aromatic carbocycles. The summed E-state index contributed by atoms with van der Waals surface area (Å²) in [6, 6.07) is 0. The van der Waals surface area contributed by atoms with Crippen molar-refractivity contribution in [3.05, 3.63) is 0 Å². The van der Waals surface area contributed by atoms with Crippen molar-refractivity contribution in [3.63, 3.8) is 0 Å². The van der Waals surface area contributed by atoms with Crippen molar-refractivity contribution < 1.29 is 20.2 Å². The Morgan fingerprint density at radius 3 is 1.00 bits per heavy atom. The molecule has 0 aromatic heterocycles. The van der Waals surface area contributed by atoms with Gasteiger partial charge in [0.25, 0.3) is 0 Å². The summed E-state index contributed by atoms with van der Waals surface area (Å²) in [6.45, 7) is 0. The fraction of sp³-hybridized carbons (Fsp3) is 0. The molecule has 0 bridgehead atoms. The van der Waals surface area contributed by atoms with E-state index in [1.807, 2.05) is 0 Å². The second-order valence-electron chi connectivity index (χ2n) is 0.271. The van der Waals surface area contributed by atoms with Gasteiger partial charge in [-0.2, -0.15) is 0 Å². The molecule has 0 aliphatic rings. The summed E-state index contributed by atoms with van der Waals surface area (Å²) in [6.07, 6.45) is 0. The van der Waals surface area contributed by atoms with Gasteiger partial charge < -0.3 is 5.48 Å². The number of rotatable bonds is 0. The van der Waals surface area contributed by atoms with Gasteiger partial charge in [-0.15, -0.1) is 0 Å². The molecule has 0 aliphatic heterocycles. The van der Waals surface area contributed by atoms with Crippen LogP contribution in [0.2, 0.25) is 0 Å². The van der Waals surface area contributed by atoms with Gasteiger partial charge >= 0.3 is 52.4 Å². The molecule has 1 nitrogen and oxygen atoms in total. The van der Waals surface area contributed by atoms with Crippen molar-refractivity contribution in [1.29, 1.82) is 0 Å². The number of halogens is 4. The second kappa shape index (κ2) is 3.77. The van der Waals surface area contributed by atoms with Gasteiger partial charge in [-0.1, -0.05) is 0 Å². The second-order valence-corrected chi connectivity index (χ2v) is 20.0. The van der Waals surface area contributed by atoms with Crippen molar-refractivity contribution in [2.75, 3.05) is 0 Å². The van der Waals surface area contributed by atoms with E-state index in [2.05, 4.69) is 0 Å². The predicted octanol–water partition coefficient (Wildman–Crippen LogP) is 2.16. The van der Waals surface area contributed by atoms with Crippen molar-refractivity contribution in [1.82, 2.24) is 0 Å². The van der Waals surface area contributed by atoms with Crippen LogP contribution in [0.3, 0.4) is 0 Å². The molecule has 0 fully saturated rings. The van der Waals surface area contributed by atoms with Gasteiger partial charge in [0.1, 0.15) is 0 Å². The first-order valence-corrected chi connectivity index (χ1v) is 11.7. The predicted molar refractivity (Wildman–Crippen MR) is 29.2 cm³/mol. The maximum Gasteiger partial charge on any atom is 1.00 e. The zero-order valence-electron chi connectivity index (χ0n) is 4.33. The molecule has 2 N–H and O–H groups in total. The summed E-state index contributed by atoms with van der Waals surface area (Å²) < 4.78 is 0. The fourth-order valence-corrected chi connectivity index (χ4v) is 0. The fourth-order valence-electron chi connectivity index (χ4n) is 0. The summed E-state index contributed by atoms with van der Waals surface area (Å²) in [5.41, 5.74) is 0. The molecular formula is H4Cl4OPt. The molecule has 0 amide bonds. The van der Waals surface area contributed by atoms with Gasteiger partial charge in [-0.05, 0) is 0 Å². The first-order valence-electron chi connectivity index (χ1n) is 0.478. The largest absolute Gasteiger partial charge is 1.00 e. The van der Waals surface area contributed by atoms with Gasteiger partial charge in [0.2, 0.25) is 0 Å². The molecule has 0 spiro atoms. The van der Waals surface area contributed by atoms with Crippen LogP contribution in [0.5, 0.6) is 0 Å². The Morgan fingerprint density at radius 1 is 1.00 bits per heavy atom. The van der Waals surface area contributed by atoms with Crippen LogP contribution >= 0.6 is 37.7 Å². The average Bonchev–Trinajstić information content (AvgIpc) is 0.722. The Labute approximate surface area is 57.7 Å². The van der Waals surface area contributed by atoms with Crippen LogP contribution in [0.4, 0.5) is 0 Å². The van der Waals surface area contributed by atoms with Crippen LogP contribution in [-0.2, 0) is 11.9 Å². The molecule has 0 unspecified atom stereocenters. The monoisotopic (exact) mass is 355 g/mol.